The molecule has 0 saturated heterocycles. The zero-order chi connectivity index (χ0) is 19.6. The molecule has 140 valence electrons. The molecule has 1 aliphatic heterocycles. The van der Waals surface area contributed by atoms with E-state index < -0.39 is 5.92 Å². The summed E-state index contributed by atoms with van der Waals surface area (Å²) in [6.07, 6.45) is 1.27. The van der Waals surface area contributed by atoms with Crippen molar-refractivity contribution < 1.29 is 9.59 Å². The van der Waals surface area contributed by atoms with Crippen LogP contribution < -0.4 is 0 Å². The number of aliphatic imine (C=N–C) groups is 1. The molecule has 3 nitrogen and oxygen atoms in total. The Bertz CT molecular complexity index is 1090. The van der Waals surface area contributed by atoms with Crippen LogP contribution in [0.25, 0.3) is 0 Å². The van der Waals surface area contributed by atoms with Crippen LogP contribution in [-0.4, -0.2) is 17.3 Å². The van der Waals surface area contributed by atoms with Crippen LogP contribution in [0.15, 0.2) is 64.8 Å². The maximum absolute atomic E-state index is 13.4. The van der Waals surface area contributed by atoms with Gasteiger partial charge in [-0.3, -0.25) is 14.6 Å². The molecule has 0 unspecified atom stereocenters. The Morgan fingerprint density at radius 2 is 1.57 bits per heavy atom. The molecule has 1 heterocycles. The Labute approximate surface area is 165 Å². The fraction of sp³-hybridized carbons (Fsp3) is 0.320. The van der Waals surface area contributed by atoms with Gasteiger partial charge in [-0.15, -0.1) is 0 Å². The van der Waals surface area contributed by atoms with Crippen molar-refractivity contribution >= 4 is 17.3 Å². The standard InChI is InChI=1S/C25H23NO2/c1-14-8-10-15(11-9-14)20-21-18(12-25(2,3)13-19(21)27)26-23-16-6-4-5-7-17(16)24(28)22(20)23/h4-11,20,22H,12-13H2,1-3H3/t20-,22-/m1/s1. The highest BCUT2D eigenvalue weighted by atomic mass is 16.1. The van der Waals surface area contributed by atoms with Gasteiger partial charge in [0.2, 0.25) is 0 Å². The average Bonchev–Trinajstić information content (AvgIpc) is 2.93. The molecular weight excluding hydrogens is 346 g/mol. The molecule has 5 rings (SSSR count). The van der Waals surface area contributed by atoms with Crippen molar-refractivity contribution in [2.24, 2.45) is 16.3 Å². The van der Waals surface area contributed by atoms with Crippen molar-refractivity contribution in [1.82, 2.24) is 0 Å². The highest BCUT2D eigenvalue weighted by Crippen LogP contribution is 2.51. The van der Waals surface area contributed by atoms with E-state index in [0.717, 1.165) is 40.1 Å². The first-order valence-electron chi connectivity index (χ1n) is 9.91. The Balaban J connectivity index is 1.76. The van der Waals surface area contributed by atoms with Crippen LogP contribution in [0.5, 0.6) is 0 Å². The minimum Gasteiger partial charge on any atom is -0.294 e. The van der Waals surface area contributed by atoms with Gasteiger partial charge in [0.15, 0.2) is 11.6 Å². The molecule has 0 radical (unpaired) electrons. The minimum atomic E-state index is -0.399. The number of nitrogens with zero attached hydrogens (tertiary/aromatic N) is 1. The summed E-state index contributed by atoms with van der Waals surface area (Å²) in [6.45, 7) is 6.29. The van der Waals surface area contributed by atoms with E-state index in [9.17, 15) is 9.59 Å². The summed E-state index contributed by atoms with van der Waals surface area (Å²) >= 11 is 0. The molecule has 0 fully saturated rings. The van der Waals surface area contributed by atoms with Gasteiger partial charge in [0.05, 0.1) is 11.6 Å². The second-order valence-electron chi connectivity index (χ2n) is 9.07. The number of hydrogen-bond donors (Lipinski definition) is 0. The number of Topliss-reactive ketones (excluding diaryl/α,β-unsaturated/α-hetero) is 2. The number of hydrogen-bond acceptors (Lipinski definition) is 3. The Morgan fingerprint density at radius 3 is 2.29 bits per heavy atom. The second-order valence-corrected chi connectivity index (χ2v) is 9.07. The van der Waals surface area contributed by atoms with Gasteiger partial charge in [-0.25, -0.2) is 0 Å². The lowest BCUT2D eigenvalue weighted by Gasteiger charge is -2.38. The van der Waals surface area contributed by atoms with Gasteiger partial charge in [-0.1, -0.05) is 67.9 Å². The Hall–Kier alpha value is -2.81. The minimum absolute atomic E-state index is 0.0871. The summed E-state index contributed by atoms with van der Waals surface area (Å²) < 4.78 is 0. The van der Waals surface area contributed by atoms with Crippen molar-refractivity contribution in [3.63, 3.8) is 0 Å². The van der Waals surface area contributed by atoms with Crippen molar-refractivity contribution in [2.45, 2.75) is 39.5 Å². The first kappa shape index (κ1) is 17.3. The number of benzene rings is 2. The number of aryl methyl sites for hydroxylation is 1. The summed E-state index contributed by atoms with van der Waals surface area (Å²) in [7, 11) is 0. The molecule has 2 aromatic rings. The van der Waals surface area contributed by atoms with Crippen LogP contribution >= 0.6 is 0 Å². The third-order valence-corrected chi connectivity index (χ3v) is 6.28. The molecule has 0 bridgehead atoms. The zero-order valence-electron chi connectivity index (χ0n) is 16.5. The topological polar surface area (TPSA) is 46.5 Å². The van der Waals surface area contributed by atoms with Crippen LogP contribution in [0.3, 0.4) is 0 Å². The van der Waals surface area contributed by atoms with Gasteiger partial charge < -0.3 is 0 Å². The van der Waals surface area contributed by atoms with E-state index in [1.165, 1.54) is 5.56 Å². The maximum atomic E-state index is 13.4. The predicted octanol–water partition coefficient (Wildman–Crippen LogP) is 5.04. The van der Waals surface area contributed by atoms with E-state index in [1.807, 2.05) is 31.2 Å². The summed E-state index contributed by atoms with van der Waals surface area (Å²) in [4.78, 5) is 31.6. The largest absolute Gasteiger partial charge is 0.294 e. The second kappa shape index (κ2) is 5.84. The van der Waals surface area contributed by atoms with Crippen LogP contribution in [0.1, 0.15) is 59.7 Å². The maximum Gasteiger partial charge on any atom is 0.173 e. The van der Waals surface area contributed by atoms with Crippen molar-refractivity contribution in [1.29, 1.82) is 0 Å². The lowest BCUT2D eigenvalue weighted by Crippen LogP contribution is -2.37. The Kier molecular flexibility index (Phi) is 3.61. The SMILES string of the molecule is Cc1ccc([C@@H]2C3=C(CC(C)(C)CC3=O)N=C3c4ccccc4C(=O)[C@@H]32)cc1. The number of rotatable bonds is 1. The number of fused-ring (bicyclic) bond motifs is 3. The fourth-order valence-electron chi connectivity index (χ4n) is 5.02. The molecule has 3 heteroatoms. The summed E-state index contributed by atoms with van der Waals surface area (Å²) in [5.41, 5.74) is 6.24. The first-order valence-corrected chi connectivity index (χ1v) is 9.91. The van der Waals surface area contributed by atoms with E-state index in [-0.39, 0.29) is 22.9 Å². The van der Waals surface area contributed by atoms with E-state index in [1.54, 1.807) is 0 Å². The average molecular weight is 369 g/mol. The van der Waals surface area contributed by atoms with Crippen molar-refractivity contribution in [3.05, 3.63) is 82.1 Å². The zero-order valence-corrected chi connectivity index (χ0v) is 16.5. The molecule has 2 atom stereocenters. The number of ketones is 2. The first-order chi connectivity index (χ1) is 13.4. The van der Waals surface area contributed by atoms with Gasteiger partial charge in [0.1, 0.15) is 0 Å². The van der Waals surface area contributed by atoms with Crippen LogP contribution in [0.2, 0.25) is 0 Å². The molecule has 3 aliphatic rings. The summed E-state index contributed by atoms with van der Waals surface area (Å²) in [6, 6.07) is 16.0. The summed E-state index contributed by atoms with van der Waals surface area (Å²) in [5, 5.41) is 0. The van der Waals surface area contributed by atoms with Gasteiger partial charge in [-0.05, 0) is 24.3 Å². The predicted molar refractivity (Wildman–Crippen MR) is 110 cm³/mol. The smallest absolute Gasteiger partial charge is 0.173 e. The lowest BCUT2D eigenvalue weighted by atomic mass is 9.66. The van der Waals surface area contributed by atoms with E-state index in [4.69, 9.17) is 4.99 Å². The number of carbonyl (C=O) groups excluding carboxylic acids is 2. The molecule has 0 spiro atoms. The third kappa shape index (κ3) is 2.46. The molecule has 28 heavy (non-hydrogen) atoms. The Morgan fingerprint density at radius 1 is 0.893 bits per heavy atom. The molecule has 2 aromatic carbocycles. The molecule has 0 aromatic heterocycles. The molecule has 0 saturated carbocycles. The van der Waals surface area contributed by atoms with Gasteiger partial charge in [0.25, 0.3) is 0 Å². The fourth-order valence-corrected chi connectivity index (χ4v) is 5.02. The molecular formula is C25H23NO2. The van der Waals surface area contributed by atoms with Gasteiger partial charge in [0, 0.05) is 34.7 Å². The molecule has 0 N–H and O–H groups in total. The lowest BCUT2D eigenvalue weighted by molar-refractivity contribution is -0.118. The van der Waals surface area contributed by atoms with Gasteiger partial charge in [-0.2, -0.15) is 0 Å². The third-order valence-electron chi connectivity index (χ3n) is 6.28. The highest BCUT2D eigenvalue weighted by molar-refractivity contribution is 6.30. The van der Waals surface area contributed by atoms with Crippen molar-refractivity contribution in [3.8, 4) is 0 Å². The monoisotopic (exact) mass is 369 g/mol. The number of carbonyl (C=O) groups is 2. The quantitative estimate of drug-likeness (QED) is 0.707. The van der Waals surface area contributed by atoms with Crippen LogP contribution in [0.4, 0.5) is 0 Å². The van der Waals surface area contributed by atoms with E-state index in [2.05, 4.69) is 38.1 Å². The molecule has 2 aliphatic carbocycles. The van der Waals surface area contributed by atoms with Crippen LogP contribution in [0, 0.1) is 18.3 Å². The van der Waals surface area contributed by atoms with Crippen molar-refractivity contribution in [2.75, 3.05) is 0 Å². The number of allylic oxidation sites excluding steroid dienone is 2. The van der Waals surface area contributed by atoms with E-state index >= 15 is 0 Å². The van der Waals surface area contributed by atoms with Crippen LogP contribution in [-0.2, 0) is 4.79 Å². The normalized spacial score (nSPS) is 25.2. The van der Waals surface area contributed by atoms with E-state index in [0.29, 0.717) is 6.42 Å². The van der Waals surface area contributed by atoms with Gasteiger partial charge >= 0.3 is 0 Å². The summed E-state index contributed by atoms with van der Waals surface area (Å²) in [5.74, 6) is -0.414. The highest BCUT2D eigenvalue weighted by Gasteiger charge is 2.50. The molecule has 0 amide bonds.